The first-order chi connectivity index (χ1) is 9.31. The summed E-state index contributed by atoms with van der Waals surface area (Å²) < 4.78 is 5.65. The van der Waals surface area contributed by atoms with E-state index in [2.05, 4.69) is 37.3 Å². The highest BCUT2D eigenvalue weighted by atomic mass is 16.5. The van der Waals surface area contributed by atoms with Crippen molar-refractivity contribution in [1.82, 2.24) is 0 Å². The van der Waals surface area contributed by atoms with Crippen molar-refractivity contribution in [1.29, 1.82) is 0 Å². The molecule has 1 aromatic carbocycles. The van der Waals surface area contributed by atoms with Gasteiger partial charge in [-0.3, -0.25) is 0 Å². The number of benzene rings is 1. The van der Waals surface area contributed by atoms with Crippen molar-refractivity contribution in [2.24, 2.45) is 0 Å². The fourth-order valence-corrected chi connectivity index (χ4v) is 2.94. The molecule has 0 amide bonds. The molecule has 0 heterocycles. The monoisotopic (exact) mass is 254 g/mol. The van der Waals surface area contributed by atoms with E-state index in [-0.39, 0.29) is 6.61 Å². The van der Waals surface area contributed by atoms with Crippen LogP contribution in [0, 0.1) is 0 Å². The summed E-state index contributed by atoms with van der Waals surface area (Å²) in [6.07, 6.45) is 6.10. The predicted octanol–water partition coefficient (Wildman–Crippen LogP) is 3.24. The van der Waals surface area contributed by atoms with Crippen LogP contribution in [-0.2, 0) is 11.2 Å². The molecule has 0 aromatic heterocycles. The number of allylic oxidation sites excluding steroid dienone is 5. The smallest absolute Gasteiger partial charge is 0.123 e. The van der Waals surface area contributed by atoms with Crippen molar-refractivity contribution >= 4 is 5.57 Å². The lowest BCUT2D eigenvalue weighted by atomic mass is 9.96. The Morgan fingerprint density at radius 2 is 2.11 bits per heavy atom. The maximum atomic E-state index is 8.90. The first-order valence-electron chi connectivity index (χ1n) is 6.73. The lowest BCUT2D eigenvalue weighted by molar-refractivity contribution is 0.151. The SMILES string of the molecule is CC1=C(C2=C(OCCO)C=CC2)c2ccccc2C1. The lowest BCUT2D eigenvalue weighted by Crippen LogP contribution is -2.00. The van der Waals surface area contributed by atoms with Crippen molar-refractivity contribution < 1.29 is 9.84 Å². The second-order valence-electron chi connectivity index (χ2n) is 5.01. The molecule has 2 aliphatic rings. The van der Waals surface area contributed by atoms with Gasteiger partial charge >= 0.3 is 0 Å². The molecule has 19 heavy (non-hydrogen) atoms. The Hall–Kier alpha value is -1.80. The summed E-state index contributed by atoms with van der Waals surface area (Å²) in [5.74, 6) is 0.917. The topological polar surface area (TPSA) is 29.5 Å². The Kier molecular flexibility index (Phi) is 3.26. The molecule has 3 rings (SSSR count). The molecule has 0 saturated heterocycles. The van der Waals surface area contributed by atoms with Gasteiger partial charge in [0, 0.05) is 5.57 Å². The van der Waals surface area contributed by atoms with Gasteiger partial charge in [-0.15, -0.1) is 0 Å². The number of aliphatic hydroxyl groups excluding tert-OH is 1. The third kappa shape index (κ3) is 2.13. The summed E-state index contributed by atoms with van der Waals surface area (Å²) >= 11 is 0. The van der Waals surface area contributed by atoms with E-state index in [1.54, 1.807) is 0 Å². The average molecular weight is 254 g/mol. The van der Waals surface area contributed by atoms with Crippen molar-refractivity contribution in [3.63, 3.8) is 0 Å². The van der Waals surface area contributed by atoms with Crippen LogP contribution in [0.5, 0.6) is 0 Å². The van der Waals surface area contributed by atoms with E-state index in [0.29, 0.717) is 6.61 Å². The zero-order valence-electron chi connectivity index (χ0n) is 11.1. The minimum atomic E-state index is 0.0548. The summed E-state index contributed by atoms with van der Waals surface area (Å²) in [5.41, 5.74) is 6.74. The van der Waals surface area contributed by atoms with E-state index < -0.39 is 0 Å². The Balaban J connectivity index is 2.00. The molecule has 98 valence electrons. The standard InChI is InChI=1S/C17H18O2/c1-12-11-13-5-2-3-6-14(13)17(12)15-7-4-8-16(15)19-10-9-18/h2-6,8,18H,7,9-11H2,1H3. The Labute approximate surface area is 113 Å². The van der Waals surface area contributed by atoms with Gasteiger partial charge in [0.15, 0.2) is 0 Å². The maximum Gasteiger partial charge on any atom is 0.123 e. The average Bonchev–Trinajstić information content (AvgIpc) is 2.98. The summed E-state index contributed by atoms with van der Waals surface area (Å²) in [6.45, 7) is 2.61. The highest BCUT2D eigenvalue weighted by Crippen LogP contribution is 2.41. The Morgan fingerprint density at radius 1 is 1.26 bits per heavy atom. The zero-order chi connectivity index (χ0) is 13.2. The quantitative estimate of drug-likeness (QED) is 0.893. The van der Waals surface area contributed by atoms with Gasteiger partial charge in [-0.25, -0.2) is 0 Å². The molecule has 0 atom stereocenters. The largest absolute Gasteiger partial charge is 0.491 e. The molecule has 0 fully saturated rings. The number of aliphatic hydroxyl groups is 1. The molecule has 1 N–H and O–H groups in total. The van der Waals surface area contributed by atoms with Crippen molar-refractivity contribution in [2.75, 3.05) is 13.2 Å². The van der Waals surface area contributed by atoms with Crippen LogP contribution >= 0.6 is 0 Å². The van der Waals surface area contributed by atoms with E-state index in [4.69, 9.17) is 9.84 Å². The molecular formula is C17H18O2. The number of hydrogen-bond donors (Lipinski definition) is 1. The van der Waals surface area contributed by atoms with E-state index in [1.807, 2.05) is 6.08 Å². The van der Waals surface area contributed by atoms with Crippen LogP contribution in [0.2, 0.25) is 0 Å². The molecule has 0 spiro atoms. The first kappa shape index (κ1) is 12.2. The van der Waals surface area contributed by atoms with Gasteiger partial charge in [0.1, 0.15) is 12.4 Å². The minimum Gasteiger partial charge on any atom is -0.491 e. The third-order valence-corrected chi connectivity index (χ3v) is 3.71. The van der Waals surface area contributed by atoms with Gasteiger partial charge in [-0.1, -0.05) is 35.9 Å². The molecular weight excluding hydrogens is 236 g/mol. The summed E-state index contributed by atoms with van der Waals surface area (Å²) in [5, 5.41) is 8.90. The van der Waals surface area contributed by atoms with Gasteiger partial charge in [0.2, 0.25) is 0 Å². The molecule has 2 aliphatic carbocycles. The van der Waals surface area contributed by atoms with Gasteiger partial charge < -0.3 is 9.84 Å². The van der Waals surface area contributed by atoms with E-state index in [0.717, 1.165) is 18.6 Å². The van der Waals surface area contributed by atoms with Crippen molar-refractivity contribution in [3.8, 4) is 0 Å². The van der Waals surface area contributed by atoms with Crippen LogP contribution in [0.1, 0.15) is 24.5 Å². The summed E-state index contributed by atoms with van der Waals surface area (Å²) in [4.78, 5) is 0. The van der Waals surface area contributed by atoms with Gasteiger partial charge in [-0.05, 0) is 42.5 Å². The van der Waals surface area contributed by atoms with Crippen LogP contribution in [0.3, 0.4) is 0 Å². The third-order valence-electron chi connectivity index (χ3n) is 3.71. The van der Waals surface area contributed by atoms with Crippen LogP contribution in [0.15, 0.2) is 53.3 Å². The Morgan fingerprint density at radius 3 is 2.95 bits per heavy atom. The van der Waals surface area contributed by atoms with Gasteiger partial charge in [0.25, 0.3) is 0 Å². The molecule has 0 aliphatic heterocycles. The normalized spacial score (nSPS) is 17.4. The highest BCUT2D eigenvalue weighted by molar-refractivity contribution is 5.88. The fraction of sp³-hybridized carbons (Fsp3) is 0.294. The second-order valence-corrected chi connectivity index (χ2v) is 5.01. The number of hydrogen-bond acceptors (Lipinski definition) is 2. The molecule has 2 heteroatoms. The van der Waals surface area contributed by atoms with Crippen LogP contribution in [0.4, 0.5) is 0 Å². The molecule has 0 saturated carbocycles. The van der Waals surface area contributed by atoms with Crippen LogP contribution in [0.25, 0.3) is 5.57 Å². The second kappa shape index (κ2) is 5.06. The molecule has 1 aromatic rings. The summed E-state index contributed by atoms with van der Waals surface area (Å²) in [7, 11) is 0. The number of rotatable bonds is 4. The van der Waals surface area contributed by atoms with Crippen molar-refractivity contribution in [3.05, 3.63) is 64.4 Å². The maximum absolute atomic E-state index is 8.90. The van der Waals surface area contributed by atoms with E-state index >= 15 is 0 Å². The minimum absolute atomic E-state index is 0.0548. The first-order valence-corrected chi connectivity index (χ1v) is 6.73. The lowest BCUT2D eigenvalue weighted by Gasteiger charge is -2.12. The molecule has 0 unspecified atom stereocenters. The zero-order valence-corrected chi connectivity index (χ0v) is 11.1. The number of fused-ring (bicyclic) bond motifs is 1. The van der Waals surface area contributed by atoms with Crippen LogP contribution < -0.4 is 0 Å². The van der Waals surface area contributed by atoms with Gasteiger partial charge in [-0.2, -0.15) is 0 Å². The van der Waals surface area contributed by atoms with E-state index in [9.17, 15) is 0 Å². The highest BCUT2D eigenvalue weighted by Gasteiger charge is 2.24. The van der Waals surface area contributed by atoms with Crippen molar-refractivity contribution in [2.45, 2.75) is 19.8 Å². The predicted molar refractivity (Wildman–Crippen MR) is 76.6 cm³/mol. The Bertz CT molecular complexity index is 591. The molecule has 0 bridgehead atoms. The number of ether oxygens (including phenoxy) is 1. The molecule has 0 radical (unpaired) electrons. The fourth-order valence-electron chi connectivity index (χ4n) is 2.94. The van der Waals surface area contributed by atoms with Crippen LogP contribution in [-0.4, -0.2) is 18.3 Å². The van der Waals surface area contributed by atoms with E-state index in [1.165, 1.54) is 27.8 Å². The molecule has 2 nitrogen and oxygen atoms in total. The van der Waals surface area contributed by atoms with Gasteiger partial charge in [0.05, 0.1) is 6.61 Å². The summed E-state index contributed by atoms with van der Waals surface area (Å²) in [6, 6.07) is 8.58.